The minimum Gasteiger partial charge on any atom is -0.306 e. The number of hydrogen-bond acceptors (Lipinski definition) is 4. The molecule has 1 aliphatic rings. The Bertz CT molecular complexity index is 1150. The number of benzene rings is 2. The Hall–Kier alpha value is -3.00. The number of nitrogens with zero attached hydrogens (tertiary/aromatic N) is 2. The minimum absolute atomic E-state index is 0.177. The summed E-state index contributed by atoms with van der Waals surface area (Å²) in [7, 11) is -3.29. The third-order valence-electron chi connectivity index (χ3n) is 4.48. The molecule has 138 valence electrons. The van der Waals surface area contributed by atoms with E-state index in [4.69, 9.17) is 0 Å². The summed E-state index contributed by atoms with van der Waals surface area (Å²) < 4.78 is 38.7. The SMILES string of the molecule is Cc1ccccc1C(=O)Nc1c2c(nn1-c1ccc(F)cc1)CS(=O)(=O)C2. The van der Waals surface area contributed by atoms with Gasteiger partial charge >= 0.3 is 0 Å². The maximum atomic E-state index is 13.3. The lowest BCUT2D eigenvalue weighted by Crippen LogP contribution is -2.17. The van der Waals surface area contributed by atoms with Gasteiger partial charge in [-0.15, -0.1) is 0 Å². The van der Waals surface area contributed by atoms with Gasteiger partial charge in [-0.2, -0.15) is 5.10 Å². The van der Waals surface area contributed by atoms with E-state index >= 15 is 0 Å². The van der Waals surface area contributed by atoms with Gasteiger partial charge in [0.1, 0.15) is 11.6 Å². The highest BCUT2D eigenvalue weighted by Gasteiger charge is 2.33. The number of nitrogens with one attached hydrogen (secondary N) is 1. The highest BCUT2D eigenvalue weighted by atomic mass is 32.2. The number of amides is 1. The number of aromatic nitrogens is 2. The quantitative estimate of drug-likeness (QED) is 0.752. The number of sulfone groups is 1. The van der Waals surface area contributed by atoms with Crippen LogP contribution in [0, 0.1) is 12.7 Å². The summed E-state index contributed by atoms with van der Waals surface area (Å²) >= 11 is 0. The second-order valence-corrected chi connectivity index (χ2v) is 8.53. The van der Waals surface area contributed by atoms with Crippen LogP contribution in [-0.2, 0) is 21.3 Å². The first-order chi connectivity index (χ1) is 12.8. The number of hydrogen-bond donors (Lipinski definition) is 1. The van der Waals surface area contributed by atoms with Crippen molar-refractivity contribution < 1.29 is 17.6 Å². The molecule has 2 heterocycles. The van der Waals surface area contributed by atoms with E-state index in [1.807, 2.05) is 19.1 Å². The summed E-state index contributed by atoms with van der Waals surface area (Å²) in [4.78, 5) is 12.8. The third kappa shape index (κ3) is 3.23. The first-order valence-corrected chi connectivity index (χ1v) is 10.1. The van der Waals surface area contributed by atoms with Crippen LogP contribution in [0.4, 0.5) is 10.2 Å². The van der Waals surface area contributed by atoms with Crippen molar-refractivity contribution in [2.45, 2.75) is 18.4 Å². The van der Waals surface area contributed by atoms with Crippen LogP contribution in [0.3, 0.4) is 0 Å². The zero-order chi connectivity index (χ0) is 19.2. The van der Waals surface area contributed by atoms with Crippen LogP contribution in [0.1, 0.15) is 27.2 Å². The maximum absolute atomic E-state index is 13.3. The molecule has 8 heteroatoms. The highest BCUT2D eigenvalue weighted by molar-refractivity contribution is 7.90. The molecule has 3 aromatic rings. The van der Waals surface area contributed by atoms with Gasteiger partial charge in [0, 0.05) is 11.1 Å². The fourth-order valence-corrected chi connectivity index (χ4v) is 4.64. The van der Waals surface area contributed by atoms with Gasteiger partial charge in [-0.3, -0.25) is 4.79 Å². The molecule has 0 radical (unpaired) electrons. The summed E-state index contributed by atoms with van der Waals surface area (Å²) in [5, 5.41) is 7.16. The Kier molecular flexibility index (Phi) is 4.07. The van der Waals surface area contributed by atoms with Crippen molar-refractivity contribution in [3.8, 4) is 5.69 Å². The molecule has 6 nitrogen and oxygen atoms in total. The lowest BCUT2D eigenvalue weighted by atomic mass is 10.1. The van der Waals surface area contributed by atoms with E-state index in [0.29, 0.717) is 28.3 Å². The number of rotatable bonds is 3. The van der Waals surface area contributed by atoms with Crippen molar-refractivity contribution >= 4 is 21.6 Å². The van der Waals surface area contributed by atoms with Crippen molar-refractivity contribution in [1.29, 1.82) is 0 Å². The number of carbonyl (C=O) groups excluding carboxylic acids is 1. The average Bonchev–Trinajstić information content (AvgIpc) is 3.09. The fourth-order valence-electron chi connectivity index (χ4n) is 3.14. The number of fused-ring (bicyclic) bond motifs is 1. The van der Waals surface area contributed by atoms with Gasteiger partial charge in [-0.05, 0) is 42.8 Å². The van der Waals surface area contributed by atoms with Gasteiger partial charge in [0.25, 0.3) is 5.91 Å². The molecule has 2 aromatic carbocycles. The van der Waals surface area contributed by atoms with E-state index < -0.39 is 15.7 Å². The van der Waals surface area contributed by atoms with Gasteiger partial charge in [-0.25, -0.2) is 17.5 Å². The van der Waals surface area contributed by atoms with Crippen molar-refractivity contribution in [3.05, 3.63) is 76.7 Å². The van der Waals surface area contributed by atoms with E-state index in [2.05, 4.69) is 10.4 Å². The van der Waals surface area contributed by atoms with Crippen molar-refractivity contribution in [2.24, 2.45) is 0 Å². The fraction of sp³-hybridized carbons (Fsp3) is 0.158. The molecule has 1 amide bonds. The van der Waals surface area contributed by atoms with E-state index in [9.17, 15) is 17.6 Å². The molecule has 1 aliphatic heterocycles. The Morgan fingerprint density at radius 1 is 1.11 bits per heavy atom. The molecular weight excluding hydrogens is 369 g/mol. The molecule has 0 bridgehead atoms. The van der Waals surface area contributed by atoms with Crippen LogP contribution in [0.25, 0.3) is 5.69 Å². The molecule has 0 saturated carbocycles. The second kappa shape index (κ2) is 6.31. The Morgan fingerprint density at radius 3 is 2.52 bits per heavy atom. The molecule has 0 spiro atoms. The summed E-state index contributed by atoms with van der Waals surface area (Å²) in [6.07, 6.45) is 0. The van der Waals surface area contributed by atoms with Crippen LogP contribution in [-0.4, -0.2) is 24.1 Å². The minimum atomic E-state index is -3.29. The van der Waals surface area contributed by atoms with Crippen LogP contribution in [0.2, 0.25) is 0 Å². The Labute approximate surface area is 155 Å². The topological polar surface area (TPSA) is 81.1 Å². The zero-order valence-electron chi connectivity index (χ0n) is 14.4. The first kappa shape index (κ1) is 17.4. The smallest absolute Gasteiger partial charge is 0.257 e. The van der Waals surface area contributed by atoms with Gasteiger partial charge in [0.05, 0.1) is 22.9 Å². The number of aryl methyl sites for hydroxylation is 1. The van der Waals surface area contributed by atoms with Gasteiger partial charge < -0.3 is 5.32 Å². The summed E-state index contributed by atoms with van der Waals surface area (Å²) in [6.45, 7) is 1.82. The standard InChI is InChI=1S/C19H16FN3O3S/c1-12-4-2-3-5-15(12)19(24)21-18-16-10-27(25,26)11-17(16)22-23(18)14-8-6-13(20)7-9-14/h2-9H,10-11H2,1H3,(H,21,24). The first-order valence-electron chi connectivity index (χ1n) is 8.28. The Morgan fingerprint density at radius 2 is 1.81 bits per heavy atom. The lowest BCUT2D eigenvalue weighted by molar-refractivity contribution is 0.102. The molecule has 0 saturated heterocycles. The summed E-state index contributed by atoms with van der Waals surface area (Å²) in [5.41, 5.74) is 2.69. The van der Waals surface area contributed by atoms with Crippen LogP contribution >= 0.6 is 0 Å². The monoisotopic (exact) mass is 385 g/mol. The molecule has 0 fully saturated rings. The highest BCUT2D eigenvalue weighted by Crippen LogP contribution is 2.33. The predicted octanol–water partition coefficient (Wildman–Crippen LogP) is 3.00. The third-order valence-corrected chi connectivity index (χ3v) is 5.92. The Balaban J connectivity index is 1.80. The summed E-state index contributed by atoms with van der Waals surface area (Å²) in [5.74, 6) is -0.822. The van der Waals surface area contributed by atoms with Gasteiger partial charge in [0.2, 0.25) is 0 Å². The predicted molar refractivity (Wildman–Crippen MR) is 99.0 cm³/mol. The molecule has 0 aliphatic carbocycles. The number of anilines is 1. The average molecular weight is 385 g/mol. The van der Waals surface area contributed by atoms with Crippen LogP contribution in [0.5, 0.6) is 0 Å². The molecular formula is C19H16FN3O3S. The van der Waals surface area contributed by atoms with Crippen LogP contribution in [0.15, 0.2) is 48.5 Å². The van der Waals surface area contributed by atoms with E-state index in [1.165, 1.54) is 28.9 Å². The van der Waals surface area contributed by atoms with Gasteiger partial charge in [0.15, 0.2) is 9.84 Å². The lowest BCUT2D eigenvalue weighted by Gasteiger charge is -2.12. The normalized spacial score (nSPS) is 14.7. The molecule has 0 unspecified atom stereocenters. The number of halogens is 1. The molecule has 1 N–H and O–H groups in total. The van der Waals surface area contributed by atoms with E-state index in [-0.39, 0.29) is 17.4 Å². The summed E-state index contributed by atoms with van der Waals surface area (Å²) in [6, 6.07) is 12.7. The zero-order valence-corrected chi connectivity index (χ0v) is 15.3. The van der Waals surface area contributed by atoms with E-state index in [0.717, 1.165) is 5.56 Å². The molecule has 0 atom stereocenters. The molecule has 1 aromatic heterocycles. The molecule has 27 heavy (non-hydrogen) atoms. The maximum Gasteiger partial charge on any atom is 0.257 e. The van der Waals surface area contributed by atoms with Crippen molar-refractivity contribution in [3.63, 3.8) is 0 Å². The van der Waals surface area contributed by atoms with Crippen LogP contribution < -0.4 is 5.32 Å². The van der Waals surface area contributed by atoms with E-state index in [1.54, 1.807) is 12.1 Å². The molecule has 4 rings (SSSR count). The second-order valence-electron chi connectivity index (χ2n) is 6.46. The van der Waals surface area contributed by atoms with Crippen molar-refractivity contribution in [1.82, 2.24) is 9.78 Å². The largest absolute Gasteiger partial charge is 0.306 e. The van der Waals surface area contributed by atoms with Crippen molar-refractivity contribution in [2.75, 3.05) is 5.32 Å². The van der Waals surface area contributed by atoms with Gasteiger partial charge in [-0.1, -0.05) is 18.2 Å². The number of carbonyl (C=O) groups is 1.